The molecule has 2 aromatic rings. The van der Waals surface area contributed by atoms with E-state index in [1.165, 1.54) is 7.11 Å². The van der Waals surface area contributed by atoms with Crippen molar-refractivity contribution in [3.63, 3.8) is 0 Å². The third-order valence-corrected chi connectivity index (χ3v) is 3.48. The zero-order chi connectivity index (χ0) is 18.2. The van der Waals surface area contributed by atoms with Crippen LogP contribution in [0, 0.1) is 6.92 Å². The van der Waals surface area contributed by atoms with Gasteiger partial charge in [-0.2, -0.15) is 0 Å². The molecule has 25 heavy (non-hydrogen) atoms. The van der Waals surface area contributed by atoms with Crippen molar-refractivity contribution in [3.05, 3.63) is 53.1 Å². The molecular formula is C18H18ClNO5. The maximum atomic E-state index is 11.8. The minimum Gasteiger partial charge on any atom is -0.493 e. The van der Waals surface area contributed by atoms with E-state index in [2.05, 4.69) is 5.32 Å². The molecule has 0 radical (unpaired) electrons. The first-order chi connectivity index (χ1) is 12.0. The third-order valence-electron chi connectivity index (χ3n) is 3.24. The van der Waals surface area contributed by atoms with Gasteiger partial charge in [0.05, 0.1) is 7.11 Å². The average molecular weight is 364 g/mol. The molecule has 0 bridgehead atoms. The number of hydrogen-bond donors (Lipinski definition) is 1. The summed E-state index contributed by atoms with van der Waals surface area (Å²) in [5.74, 6) is -0.181. The molecule has 7 heteroatoms. The molecule has 0 aliphatic rings. The number of para-hydroxylation sites is 2. The molecule has 0 aliphatic carbocycles. The van der Waals surface area contributed by atoms with Crippen molar-refractivity contribution >= 4 is 29.2 Å². The summed E-state index contributed by atoms with van der Waals surface area (Å²) in [4.78, 5) is 23.5. The van der Waals surface area contributed by atoms with Gasteiger partial charge in [0, 0.05) is 10.7 Å². The largest absolute Gasteiger partial charge is 0.493 e. The Kier molecular flexibility index (Phi) is 6.65. The Balaban J connectivity index is 1.78. The first kappa shape index (κ1) is 18.6. The minimum absolute atomic E-state index is 0.326. The fourth-order valence-electron chi connectivity index (χ4n) is 2.02. The molecule has 0 spiro atoms. The molecule has 132 valence electrons. The van der Waals surface area contributed by atoms with Crippen LogP contribution in [0.15, 0.2) is 42.5 Å². The highest BCUT2D eigenvalue weighted by Crippen LogP contribution is 2.25. The van der Waals surface area contributed by atoms with Crippen molar-refractivity contribution in [2.75, 3.05) is 25.6 Å². The van der Waals surface area contributed by atoms with Crippen molar-refractivity contribution in [2.45, 2.75) is 6.92 Å². The minimum atomic E-state index is -0.658. The molecule has 0 aromatic heterocycles. The number of carbonyl (C=O) groups is 2. The first-order valence-corrected chi connectivity index (χ1v) is 7.85. The Morgan fingerprint density at radius 2 is 1.80 bits per heavy atom. The monoisotopic (exact) mass is 363 g/mol. The zero-order valence-electron chi connectivity index (χ0n) is 13.9. The van der Waals surface area contributed by atoms with E-state index in [1.807, 2.05) is 6.92 Å². The van der Waals surface area contributed by atoms with E-state index >= 15 is 0 Å². The third kappa shape index (κ3) is 5.69. The van der Waals surface area contributed by atoms with Gasteiger partial charge in [0.15, 0.2) is 24.7 Å². The van der Waals surface area contributed by atoms with E-state index < -0.39 is 18.5 Å². The number of ether oxygens (including phenoxy) is 3. The average Bonchev–Trinajstić information content (AvgIpc) is 2.60. The predicted molar refractivity (Wildman–Crippen MR) is 94.3 cm³/mol. The summed E-state index contributed by atoms with van der Waals surface area (Å²) in [5.41, 5.74) is 1.42. The fraction of sp³-hybridized carbons (Fsp3) is 0.222. The van der Waals surface area contributed by atoms with Gasteiger partial charge in [-0.15, -0.1) is 0 Å². The highest BCUT2D eigenvalue weighted by Gasteiger charge is 2.11. The summed E-state index contributed by atoms with van der Waals surface area (Å²) < 4.78 is 15.3. The molecule has 1 amide bonds. The lowest BCUT2D eigenvalue weighted by Crippen LogP contribution is -2.24. The van der Waals surface area contributed by atoms with E-state index in [0.717, 1.165) is 5.56 Å². The summed E-state index contributed by atoms with van der Waals surface area (Å²) in [5, 5.41) is 3.23. The van der Waals surface area contributed by atoms with Crippen LogP contribution in [-0.4, -0.2) is 32.2 Å². The van der Waals surface area contributed by atoms with Crippen LogP contribution in [-0.2, 0) is 14.3 Å². The van der Waals surface area contributed by atoms with E-state index in [0.29, 0.717) is 22.2 Å². The molecule has 0 fully saturated rings. The molecule has 0 aliphatic heterocycles. The summed E-state index contributed by atoms with van der Waals surface area (Å²) in [6.07, 6.45) is 0. The normalized spacial score (nSPS) is 10.0. The Labute approximate surface area is 150 Å². The quantitative estimate of drug-likeness (QED) is 0.764. The van der Waals surface area contributed by atoms with Crippen molar-refractivity contribution in [2.24, 2.45) is 0 Å². The van der Waals surface area contributed by atoms with Crippen LogP contribution >= 0.6 is 11.6 Å². The van der Waals surface area contributed by atoms with Crippen LogP contribution in [0.5, 0.6) is 11.5 Å². The van der Waals surface area contributed by atoms with Crippen LogP contribution in [0.2, 0.25) is 5.02 Å². The van der Waals surface area contributed by atoms with Crippen LogP contribution < -0.4 is 14.8 Å². The number of aryl methyl sites for hydroxylation is 1. The molecule has 1 N–H and O–H groups in total. The predicted octanol–water partition coefficient (Wildman–Crippen LogP) is 3.22. The molecule has 6 nitrogen and oxygen atoms in total. The van der Waals surface area contributed by atoms with Crippen molar-refractivity contribution in [3.8, 4) is 11.5 Å². The number of carbonyl (C=O) groups excluding carboxylic acids is 2. The number of nitrogens with one attached hydrogen (secondary N) is 1. The number of halogens is 1. The van der Waals surface area contributed by atoms with Gasteiger partial charge in [-0.25, -0.2) is 4.79 Å². The second kappa shape index (κ2) is 8.94. The lowest BCUT2D eigenvalue weighted by Gasteiger charge is -2.11. The molecule has 2 aromatic carbocycles. The Morgan fingerprint density at radius 3 is 2.48 bits per heavy atom. The van der Waals surface area contributed by atoms with Crippen LogP contribution in [0.4, 0.5) is 5.69 Å². The smallest absolute Gasteiger partial charge is 0.344 e. The van der Waals surface area contributed by atoms with Crippen LogP contribution in [0.25, 0.3) is 0 Å². The van der Waals surface area contributed by atoms with Gasteiger partial charge in [0.1, 0.15) is 0 Å². The lowest BCUT2D eigenvalue weighted by atomic mass is 10.2. The van der Waals surface area contributed by atoms with Crippen molar-refractivity contribution in [1.82, 2.24) is 0 Å². The second-order valence-corrected chi connectivity index (χ2v) is 5.54. The number of anilines is 1. The molecule has 0 saturated carbocycles. The molecule has 0 saturated heterocycles. The van der Waals surface area contributed by atoms with Gasteiger partial charge in [-0.1, -0.05) is 23.7 Å². The number of esters is 1. The van der Waals surface area contributed by atoms with Gasteiger partial charge in [-0.3, -0.25) is 4.79 Å². The highest BCUT2D eigenvalue weighted by atomic mass is 35.5. The van der Waals surface area contributed by atoms with Gasteiger partial charge in [0.25, 0.3) is 5.91 Å². The number of amides is 1. The van der Waals surface area contributed by atoms with E-state index in [-0.39, 0.29) is 6.61 Å². The highest BCUT2D eigenvalue weighted by molar-refractivity contribution is 6.30. The number of benzene rings is 2. The molecule has 0 unspecified atom stereocenters. The molecule has 2 rings (SSSR count). The SMILES string of the molecule is COc1ccccc1OCC(=O)OCC(=O)Nc1ccc(Cl)cc1C. The maximum absolute atomic E-state index is 11.8. The lowest BCUT2D eigenvalue weighted by molar-refractivity contribution is -0.149. The Bertz CT molecular complexity index is 763. The Morgan fingerprint density at radius 1 is 1.08 bits per heavy atom. The maximum Gasteiger partial charge on any atom is 0.344 e. The van der Waals surface area contributed by atoms with E-state index in [4.69, 9.17) is 25.8 Å². The standard InChI is InChI=1S/C18H18ClNO5/c1-12-9-13(19)7-8-14(12)20-17(21)10-25-18(22)11-24-16-6-4-3-5-15(16)23-2/h3-9H,10-11H2,1-2H3,(H,20,21). The van der Waals surface area contributed by atoms with Crippen molar-refractivity contribution in [1.29, 1.82) is 0 Å². The molecule has 0 heterocycles. The van der Waals surface area contributed by atoms with Gasteiger partial charge in [-0.05, 0) is 42.8 Å². The summed E-state index contributed by atoms with van der Waals surface area (Å²) >= 11 is 5.86. The fourth-order valence-corrected chi connectivity index (χ4v) is 2.24. The number of methoxy groups -OCH3 is 1. The van der Waals surface area contributed by atoms with Gasteiger partial charge >= 0.3 is 5.97 Å². The molecule has 0 atom stereocenters. The second-order valence-electron chi connectivity index (χ2n) is 5.11. The van der Waals surface area contributed by atoms with Gasteiger partial charge in [0.2, 0.25) is 0 Å². The Hall–Kier alpha value is -2.73. The zero-order valence-corrected chi connectivity index (χ0v) is 14.6. The van der Waals surface area contributed by atoms with Crippen molar-refractivity contribution < 1.29 is 23.8 Å². The van der Waals surface area contributed by atoms with Crippen LogP contribution in [0.3, 0.4) is 0 Å². The molecular weight excluding hydrogens is 346 g/mol. The number of hydrogen-bond acceptors (Lipinski definition) is 5. The topological polar surface area (TPSA) is 73.9 Å². The summed E-state index contributed by atoms with van der Waals surface area (Å²) in [6.45, 7) is 1.08. The van der Waals surface area contributed by atoms with E-state index in [9.17, 15) is 9.59 Å². The first-order valence-electron chi connectivity index (χ1n) is 7.47. The van der Waals surface area contributed by atoms with Crippen LogP contribution in [0.1, 0.15) is 5.56 Å². The van der Waals surface area contributed by atoms with E-state index in [1.54, 1.807) is 42.5 Å². The summed E-state index contributed by atoms with van der Waals surface area (Å²) in [6, 6.07) is 12.0. The summed E-state index contributed by atoms with van der Waals surface area (Å²) in [7, 11) is 1.50. The van der Waals surface area contributed by atoms with Gasteiger partial charge < -0.3 is 19.5 Å². The number of rotatable bonds is 7.